The molecule has 0 heterocycles. The van der Waals surface area contributed by atoms with E-state index in [4.69, 9.17) is 9.47 Å². The van der Waals surface area contributed by atoms with E-state index in [1.165, 1.54) is 0 Å². The van der Waals surface area contributed by atoms with E-state index in [0.717, 1.165) is 56.8 Å². The monoisotopic (exact) mass is 576 g/mol. The molecule has 218 valence electrons. The fraction of sp³-hybridized carbons (Fsp3) is 0.100. The molecule has 0 saturated heterocycles. The Hall–Kier alpha value is -5.48. The summed E-state index contributed by atoms with van der Waals surface area (Å²) in [7, 11) is 0. The Kier molecular flexibility index (Phi) is 8.89. The van der Waals surface area contributed by atoms with Crippen LogP contribution < -0.4 is 19.3 Å². The lowest BCUT2D eigenvalue weighted by Crippen LogP contribution is -2.10. The number of hydrogen-bond donors (Lipinski definition) is 0. The van der Waals surface area contributed by atoms with E-state index in [-0.39, 0.29) is 0 Å². The minimum absolute atomic E-state index is 0.649. The molecule has 0 radical (unpaired) electrons. The number of para-hydroxylation sites is 2. The minimum atomic E-state index is 0.649. The van der Waals surface area contributed by atoms with Crippen LogP contribution in [-0.2, 0) is 0 Å². The summed E-state index contributed by atoms with van der Waals surface area (Å²) in [6, 6.07) is 54.9. The van der Waals surface area contributed by atoms with Crippen LogP contribution in [0.4, 0.5) is 34.1 Å². The number of ether oxygens (including phenoxy) is 2. The highest BCUT2D eigenvalue weighted by molar-refractivity contribution is 5.80. The molecule has 4 nitrogen and oxygen atoms in total. The van der Waals surface area contributed by atoms with E-state index >= 15 is 0 Å². The number of rotatable bonds is 11. The van der Waals surface area contributed by atoms with Crippen molar-refractivity contribution >= 4 is 34.1 Å². The molecule has 44 heavy (non-hydrogen) atoms. The molecule has 0 aliphatic rings. The van der Waals surface area contributed by atoms with Gasteiger partial charge in [0.05, 0.1) is 13.2 Å². The van der Waals surface area contributed by atoms with Gasteiger partial charge in [0.2, 0.25) is 0 Å². The summed E-state index contributed by atoms with van der Waals surface area (Å²) in [5, 5.41) is 0. The Morgan fingerprint density at radius 2 is 0.614 bits per heavy atom. The van der Waals surface area contributed by atoms with E-state index in [2.05, 4.69) is 131 Å². The lowest BCUT2D eigenvalue weighted by atomic mass is 10.0. The predicted molar refractivity (Wildman–Crippen MR) is 184 cm³/mol. The van der Waals surface area contributed by atoms with Crippen molar-refractivity contribution in [3.63, 3.8) is 0 Å². The third-order valence-electron chi connectivity index (χ3n) is 7.42. The van der Waals surface area contributed by atoms with E-state index < -0.39 is 0 Å². The summed E-state index contributed by atoms with van der Waals surface area (Å²) in [6.45, 7) is 5.30. The summed E-state index contributed by atoms with van der Waals surface area (Å²) in [4.78, 5) is 4.52. The van der Waals surface area contributed by atoms with Crippen molar-refractivity contribution in [2.45, 2.75) is 13.8 Å². The van der Waals surface area contributed by atoms with Crippen LogP contribution in [0.25, 0.3) is 11.1 Å². The van der Waals surface area contributed by atoms with Crippen molar-refractivity contribution in [2.24, 2.45) is 0 Å². The van der Waals surface area contributed by atoms with Crippen LogP contribution in [-0.4, -0.2) is 13.2 Å². The fourth-order valence-electron chi connectivity index (χ4n) is 5.37. The molecule has 0 atom stereocenters. The smallest absolute Gasteiger partial charge is 0.119 e. The maximum Gasteiger partial charge on any atom is 0.119 e. The highest BCUT2D eigenvalue weighted by Gasteiger charge is 2.15. The first kappa shape index (κ1) is 28.6. The largest absolute Gasteiger partial charge is 0.494 e. The van der Waals surface area contributed by atoms with Gasteiger partial charge in [-0.3, -0.25) is 0 Å². The van der Waals surface area contributed by atoms with Crippen LogP contribution in [0.1, 0.15) is 13.8 Å². The van der Waals surface area contributed by atoms with E-state index in [0.29, 0.717) is 13.2 Å². The van der Waals surface area contributed by atoms with Gasteiger partial charge in [-0.2, -0.15) is 0 Å². The second kappa shape index (κ2) is 13.7. The first-order valence-electron chi connectivity index (χ1n) is 15.1. The maximum atomic E-state index is 5.68. The predicted octanol–water partition coefficient (Wildman–Crippen LogP) is 11.1. The Morgan fingerprint density at radius 1 is 0.341 bits per heavy atom. The summed E-state index contributed by atoms with van der Waals surface area (Å²) in [6.07, 6.45) is 0. The van der Waals surface area contributed by atoms with Crippen LogP contribution in [0.5, 0.6) is 11.5 Å². The first-order valence-corrected chi connectivity index (χ1v) is 15.1. The molecule has 0 unspecified atom stereocenters. The normalized spacial score (nSPS) is 10.7. The van der Waals surface area contributed by atoms with Crippen molar-refractivity contribution in [3.05, 3.63) is 158 Å². The summed E-state index contributed by atoms with van der Waals surface area (Å²) in [5.74, 6) is 1.74. The van der Waals surface area contributed by atoms with Crippen molar-refractivity contribution in [2.75, 3.05) is 23.0 Å². The highest BCUT2D eigenvalue weighted by atomic mass is 16.5. The van der Waals surface area contributed by atoms with Gasteiger partial charge in [0.25, 0.3) is 0 Å². The molecule has 0 amide bonds. The fourth-order valence-corrected chi connectivity index (χ4v) is 5.37. The number of nitrogens with zero attached hydrogens (tertiary/aromatic N) is 2. The third-order valence-corrected chi connectivity index (χ3v) is 7.42. The van der Waals surface area contributed by atoms with Gasteiger partial charge in [-0.05, 0) is 122 Å². The van der Waals surface area contributed by atoms with Gasteiger partial charge >= 0.3 is 0 Å². The molecular weight excluding hydrogens is 540 g/mol. The zero-order valence-corrected chi connectivity index (χ0v) is 25.1. The lowest BCUT2D eigenvalue weighted by molar-refractivity contribution is 0.340. The van der Waals surface area contributed by atoms with Gasteiger partial charge in [-0.15, -0.1) is 0 Å². The maximum absolute atomic E-state index is 5.68. The molecule has 0 fully saturated rings. The molecular formula is C40H36N2O2. The molecule has 0 aliphatic heterocycles. The third kappa shape index (κ3) is 6.45. The van der Waals surface area contributed by atoms with Gasteiger partial charge in [0.15, 0.2) is 0 Å². The Balaban J connectivity index is 1.28. The van der Waals surface area contributed by atoms with Crippen LogP contribution in [0.15, 0.2) is 158 Å². The first-order chi connectivity index (χ1) is 21.7. The lowest BCUT2D eigenvalue weighted by Gasteiger charge is -2.26. The van der Waals surface area contributed by atoms with Gasteiger partial charge < -0.3 is 19.3 Å². The van der Waals surface area contributed by atoms with Gasteiger partial charge in [0.1, 0.15) is 11.5 Å². The molecule has 6 aromatic rings. The van der Waals surface area contributed by atoms with Crippen LogP contribution in [0, 0.1) is 0 Å². The van der Waals surface area contributed by atoms with Crippen LogP contribution in [0.2, 0.25) is 0 Å². The van der Waals surface area contributed by atoms with E-state index in [1.54, 1.807) is 0 Å². The van der Waals surface area contributed by atoms with Crippen molar-refractivity contribution in [3.8, 4) is 22.6 Å². The van der Waals surface area contributed by atoms with Crippen molar-refractivity contribution < 1.29 is 9.47 Å². The van der Waals surface area contributed by atoms with E-state index in [9.17, 15) is 0 Å². The molecule has 0 bridgehead atoms. The Labute approximate surface area is 260 Å². The topological polar surface area (TPSA) is 24.9 Å². The number of hydrogen-bond acceptors (Lipinski definition) is 4. The molecule has 6 aromatic carbocycles. The molecule has 0 saturated carbocycles. The van der Waals surface area contributed by atoms with Gasteiger partial charge in [0, 0.05) is 34.1 Å². The molecule has 6 rings (SSSR count). The molecule has 0 aliphatic carbocycles. The summed E-state index contributed by atoms with van der Waals surface area (Å²) < 4.78 is 11.4. The number of benzene rings is 6. The average Bonchev–Trinajstić information content (AvgIpc) is 3.09. The highest BCUT2D eigenvalue weighted by Crippen LogP contribution is 2.38. The zero-order chi connectivity index (χ0) is 30.1. The molecule has 0 aromatic heterocycles. The SMILES string of the molecule is CCOc1ccc(N(c2ccccc2)c2ccc(-c3ccc(N(c4ccccc4)c4ccc(OCC)cc4)cc3)cc2)cc1. The van der Waals surface area contributed by atoms with Gasteiger partial charge in [-0.1, -0.05) is 60.7 Å². The zero-order valence-electron chi connectivity index (χ0n) is 25.1. The molecule has 0 N–H and O–H groups in total. The Morgan fingerprint density at radius 3 is 0.909 bits per heavy atom. The van der Waals surface area contributed by atoms with Crippen LogP contribution in [0.3, 0.4) is 0 Å². The minimum Gasteiger partial charge on any atom is -0.494 e. The van der Waals surface area contributed by atoms with Crippen molar-refractivity contribution in [1.29, 1.82) is 0 Å². The quantitative estimate of drug-likeness (QED) is 0.153. The Bertz CT molecular complexity index is 1600. The number of anilines is 6. The second-order valence-corrected chi connectivity index (χ2v) is 10.3. The molecule has 4 heteroatoms. The van der Waals surface area contributed by atoms with Crippen LogP contribution >= 0.6 is 0 Å². The second-order valence-electron chi connectivity index (χ2n) is 10.3. The standard InChI is InChI=1S/C40H36N2O2/c1-3-43-39-27-23-37(24-28-39)41(33-11-7-5-8-12-33)35-19-15-31(16-20-35)32-17-21-36(22-18-32)42(34-13-9-6-10-14-34)38-25-29-40(30-26-38)44-4-2/h5-30H,3-4H2,1-2H3. The summed E-state index contributed by atoms with van der Waals surface area (Å²) >= 11 is 0. The van der Waals surface area contributed by atoms with Gasteiger partial charge in [-0.25, -0.2) is 0 Å². The van der Waals surface area contributed by atoms with E-state index in [1.807, 2.05) is 50.2 Å². The molecule has 0 spiro atoms. The van der Waals surface area contributed by atoms with Crippen molar-refractivity contribution in [1.82, 2.24) is 0 Å². The average molecular weight is 577 g/mol. The summed E-state index contributed by atoms with van der Waals surface area (Å²) in [5.41, 5.74) is 8.85.